The van der Waals surface area contributed by atoms with Gasteiger partial charge in [0.2, 0.25) is 0 Å². The molecule has 0 aliphatic heterocycles. The maximum absolute atomic E-state index is 12.1. The zero-order valence-corrected chi connectivity index (χ0v) is 17.4. The van der Waals surface area contributed by atoms with E-state index in [1.54, 1.807) is 12.1 Å². The third-order valence-corrected chi connectivity index (χ3v) is 4.53. The first-order chi connectivity index (χ1) is 13.2. The van der Waals surface area contributed by atoms with Crippen molar-refractivity contribution in [2.24, 2.45) is 0 Å². The zero-order chi connectivity index (χ0) is 20.7. The molecule has 2 aromatic carbocycles. The molecule has 0 unspecified atom stereocenters. The first-order valence-corrected chi connectivity index (χ1v) is 9.33. The Hall–Kier alpha value is -2.28. The molecule has 0 radical (unpaired) electrons. The molecule has 0 saturated carbocycles. The standard InChI is InChI=1S/C21H27ClN2O4/c1-14-5-7-16(8-6-14)24-20(26)12-28-19-10-17(22)15(9-18(19)27-4)11-23-21(2,3)13-25/h5-10,23,25H,11-13H2,1-4H3,(H,24,26). The number of hydrogen-bond donors (Lipinski definition) is 3. The molecule has 2 aromatic rings. The first-order valence-electron chi connectivity index (χ1n) is 8.95. The smallest absolute Gasteiger partial charge is 0.262 e. The Morgan fingerprint density at radius 2 is 1.86 bits per heavy atom. The van der Waals surface area contributed by atoms with Gasteiger partial charge in [0.25, 0.3) is 5.91 Å². The summed E-state index contributed by atoms with van der Waals surface area (Å²) in [5, 5.41) is 15.8. The number of halogens is 1. The maximum Gasteiger partial charge on any atom is 0.262 e. The van der Waals surface area contributed by atoms with Crippen LogP contribution in [0.5, 0.6) is 11.5 Å². The highest BCUT2D eigenvalue weighted by atomic mass is 35.5. The number of aryl methyl sites for hydroxylation is 1. The number of rotatable bonds is 9. The van der Waals surface area contributed by atoms with E-state index in [0.717, 1.165) is 11.1 Å². The molecule has 6 nitrogen and oxygen atoms in total. The lowest BCUT2D eigenvalue weighted by Crippen LogP contribution is -2.42. The average Bonchev–Trinajstić information content (AvgIpc) is 2.67. The Kier molecular flexibility index (Phi) is 7.69. The van der Waals surface area contributed by atoms with Crippen molar-refractivity contribution in [1.82, 2.24) is 5.32 Å². The maximum atomic E-state index is 12.1. The van der Waals surface area contributed by atoms with Gasteiger partial charge in [-0.15, -0.1) is 0 Å². The summed E-state index contributed by atoms with van der Waals surface area (Å²) >= 11 is 6.35. The van der Waals surface area contributed by atoms with E-state index in [0.29, 0.717) is 28.8 Å². The number of carbonyl (C=O) groups is 1. The van der Waals surface area contributed by atoms with Gasteiger partial charge < -0.3 is 25.2 Å². The van der Waals surface area contributed by atoms with Crippen LogP contribution >= 0.6 is 11.6 Å². The van der Waals surface area contributed by atoms with Crippen molar-refractivity contribution >= 4 is 23.2 Å². The minimum atomic E-state index is -0.431. The normalized spacial score (nSPS) is 11.2. The summed E-state index contributed by atoms with van der Waals surface area (Å²) in [7, 11) is 1.53. The Balaban J connectivity index is 2.01. The number of nitrogens with one attached hydrogen (secondary N) is 2. The summed E-state index contributed by atoms with van der Waals surface area (Å²) in [6.45, 7) is 6.05. The lowest BCUT2D eigenvalue weighted by atomic mass is 10.1. The third-order valence-electron chi connectivity index (χ3n) is 4.18. The van der Waals surface area contributed by atoms with Gasteiger partial charge in [0.1, 0.15) is 0 Å². The highest BCUT2D eigenvalue weighted by molar-refractivity contribution is 6.31. The molecular weight excluding hydrogens is 380 g/mol. The van der Waals surface area contributed by atoms with E-state index in [1.165, 1.54) is 7.11 Å². The van der Waals surface area contributed by atoms with Crippen LogP contribution in [-0.2, 0) is 11.3 Å². The molecule has 152 valence electrons. The van der Waals surface area contributed by atoms with E-state index in [-0.39, 0.29) is 19.1 Å². The predicted octanol–water partition coefficient (Wildman–Crippen LogP) is 3.54. The minimum Gasteiger partial charge on any atom is -0.493 e. The SMILES string of the molecule is COc1cc(CNC(C)(C)CO)c(Cl)cc1OCC(=O)Nc1ccc(C)cc1. The van der Waals surface area contributed by atoms with E-state index >= 15 is 0 Å². The molecule has 0 atom stereocenters. The van der Waals surface area contributed by atoms with Gasteiger partial charge in [-0.2, -0.15) is 0 Å². The number of carbonyl (C=O) groups excluding carboxylic acids is 1. The van der Waals surface area contributed by atoms with Gasteiger partial charge in [0, 0.05) is 28.9 Å². The fourth-order valence-electron chi connectivity index (χ4n) is 2.35. The minimum absolute atomic E-state index is 0.000949. The molecular formula is C21H27ClN2O4. The molecule has 0 aliphatic rings. The number of methoxy groups -OCH3 is 1. The number of anilines is 1. The molecule has 0 saturated heterocycles. The quantitative estimate of drug-likeness (QED) is 0.593. The molecule has 0 spiro atoms. The number of hydrogen-bond acceptors (Lipinski definition) is 5. The van der Waals surface area contributed by atoms with E-state index in [2.05, 4.69) is 10.6 Å². The van der Waals surface area contributed by atoms with E-state index in [4.69, 9.17) is 21.1 Å². The van der Waals surface area contributed by atoms with Crippen molar-refractivity contribution < 1.29 is 19.4 Å². The lowest BCUT2D eigenvalue weighted by Gasteiger charge is -2.24. The fourth-order valence-corrected chi connectivity index (χ4v) is 2.57. The second-order valence-electron chi connectivity index (χ2n) is 7.19. The van der Waals surface area contributed by atoms with Crippen LogP contribution in [0.3, 0.4) is 0 Å². The van der Waals surface area contributed by atoms with Crippen molar-refractivity contribution in [2.75, 3.05) is 25.6 Å². The molecule has 0 aromatic heterocycles. The number of benzene rings is 2. The molecule has 1 amide bonds. The van der Waals surface area contributed by atoms with E-state index < -0.39 is 5.54 Å². The fraction of sp³-hybridized carbons (Fsp3) is 0.381. The second-order valence-corrected chi connectivity index (χ2v) is 7.60. The van der Waals surface area contributed by atoms with Crippen molar-refractivity contribution in [1.29, 1.82) is 0 Å². The molecule has 28 heavy (non-hydrogen) atoms. The van der Waals surface area contributed by atoms with Gasteiger partial charge in [0.15, 0.2) is 18.1 Å². The van der Waals surface area contributed by atoms with E-state index in [9.17, 15) is 9.90 Å². The topological polar surface area (TPSA) is 79.8 Å². The monoisotopic (exact) mass is 406 g/mol. The summed E-state index contributed by atoms with van der Waals surface area (Å²) < 4.78 is 11.0. The Morgan fingerprint density at radius 1 is 1.18 bits per heavy atom. The van der Waals surface area contributed by atoms with Gasteiger partial charge in [-0.05, 0) is 44.5 Å². The van der Waals surface area contributed by atoms with Gasteiger partial charge >= 0.3 is 0 Å². The van der Waals surface area contributed by atoms with Crippen LogP contribution in [0.25, 0.3) is 0 Å². The van der Waals surface area contributed by atoms with Crippen LogP contribution in [0.1, 0.15) is 25.0 Å². The number of amides is 1. The van der Waals surface area contributed by atoms with Crippen LogP contribution in [0.4, 0.5) is 5.69 Å². The summed E-state index contributed by atoms with van der Waals surface area (Å²) in [4.78, 5) is 12.1. The first kappa shape index (κ1) is 22.0. The van der Waals surface area contributed by atoms with Crippen LogP contribution in [-0.4, -0.2) is 36.9 Å². The largest absolute Gasteiger partial charge is 0.493 e. The molecule has 2 rings (SSSR count). The van der Waals surface area contributed by atoms with Gasteiger partial charge in [-0.1, -0.05) is 29.3 Å². The van der Waals surface area contributed by atoms with Crippen molar-refractivity contribution in [2.45, 2.75) is 32.9 Å². The molecule has 7 heteroatoms. The van der Waals surface area contributed by atoms with Crippen LogP contribution < -0.4 is 20.1 Å². The lowest BCUT2D eigenvalue weighted by molar-refractivity contribution is -0.118. The van der Waals surface area contributed by atoms with Gasteiger partial charge in [-0.25, -0.2) is 0 Å². The molecule has 0 aliphatic carbocycles. The third kappa shape index (κ3) is 6.41. The van der Waals surface area contributed by atoms with Crippen LogP contribution in [0.15, 0.2) is 36.4 Å². The number of aliphatic hydroxyl groups is 1. The van der Waals surface area contributed by atoms with Crippen LogP contribution in [0, 0.1) is 6.92 Å². The molecule has 0 bridgehead atoms. The zero-order valence-electron chi connectivity index (χ0n) is 16.6. The second kappa shape index (κ2) is 9.78. The summed E-state index contributed by atoms with van der Waals surface area (Å²) in [5.74, 6) is 0.584. The Morgan fingerprint density at radius 3 is 2.46 bits per heavy atom. The molecule has 3 N–H and O–H groups in total. The van der Waals surface area contributed by atoms with Gasteiger partial charge in [0.05, 0.1) is 13.7 Å². The van der Waals surface area contributed by atoms with E-state index in [1.807, 2.05) is 45.0 Å². The van der Waals surface area contributed by atoms with Crippen LogP contribution in [0.2, 0.25) is 5.02 Å². The number of aliphatic hydroxyl groups excluding tert-OH is 1. The average molecular weight is 407 g/mol. The molecule has 0 fully saturated rings. The van der Waals surface area contributed by atoms with Gasteiger partial charge in [-0.3, -0.25) is 4.79 Å². The Bertz CT molecular complexity index is 807. The highest BCUT2D eigenvalue weighted by Crippen LogP contribution is 2.33. The summed E-state index contributed by atoms with van der Waals surface area (Å²) in [6, 6.07) is 10.9. The predicted molar refractivity (Wildman–Crippen MR) is 111 cm³/mol. The Labute approximate surface area is 170 Å². The summed E-state index contributed by atoms with van der Waals surface area (Å²) in [6.07, 6.45) is 0. The number of ether oxygens (including phenoxy) is 2. The van der Waals surface area contributed by atoms with Crippen molar-refractivity contribution in [3.05, 3.63) is 52.5 Å². The van der Waals surface area contributed by atoms with Crippen molar-refractivity contribution in [3.63, 3.8) is 0 Å². The highest BCUT2D eigenvalue weighted by Gasteiger charge is 2.17. The van der Waals surface area contributed by atoms with Crippen molar-refractivity contribution in [3.8, 4) is 11.5 Å². The molecule has 0 heterocycles. The summed E-state index contributed by atoms with van der Waals surface area (Å²) in [5.41, 5.74) is 2.19.